The summed E-state index contributed by atoms with van der Waals surface area (Å²) >= 11 is 11.6. The van der Waals surface area contributed by atoms with Crippen molar-refractivity contribution in [2.24, 2.45) is 0 Å². The number of hydrogen-bond acceptors (Lipinski definition) is 4. The highest BCUT2D eigenvalue weighted by molar-refractivity contribution is 7.90. The van der Waals surface area contributed by atoms with Crippen molar-refractivity contribution in [3.63, 3.8) is 0 Å². The van der Waals surface area contributed by atoms with Crippen molar-refractivity contribution >= 4 is 50.7 Å². The quantitative estimate of drug-likeness (QED) is 0.844. The average molecular weight is 387 g/mol. The molecule has 0 radical (unpaired) electrons. The van der Waals surface area contributed by atoms with Gasteiger partial charge in [0.15, 0.2) is 0 Å². The van der Waals surface area contributed by atoms with Gasteiger partial charge in [-0.3, -0.25) is 9.59 Å². The molecule has 0 aliphatic carbocycles. The monoisotopic (exact) mass is 386 g/mol. The van der Waals surface area contributed by atoms with Gasteiger partial charge in [-0.2, -0.15) is 0 Å². The standard InChI is InChI=1S/C15H12Cl2N2O4S/c1-9(20)18-11-3-5-12(6-4-11)24(22,23)19-15(21)13-7-2-10(16)8-14(13)17/h2-8H,1H3,(H,18,20)(H,19,21). The van der Waals surface area contributed by atoms with Crippen molar-refractivity contribution in [3.05, 3.63) is 58.1 Å². The van der Waals surface area contributed by atoms with Crippen LogP contribution in [0.4, 0.5) is 5.69 Å². The minimum absolute atomic E-state index is 0.0143. The number of carbonyl (C=O) groups excluding carboxylic acids is 2. The Morgan fingerprint density at radius 1 is 1.00 bits per heavy atom. The third kappa shape index (κ3) is 4.47. The van der Waals surface area contributed by atoms with Gasteiger partial charge in [0.05, 0.1) is 15.5 Å². The van der Waals surface area contributed by atoms with Gasteiger partial charge in [-0.1, -0.05) is 23.2 Å². The van der Waals surface area contributed by atoms with Crippen LogP contribution in [-0.2, 0) is 14.8 Å². The second-order valence-corrected chi connectivity index (χ2v) is 7.29. The van der Waals surface area contributed by atoms with Crippen molar-refractivity contribution in [1.29, 1.82) is 0 Å². The minimum Gasteiger partial charge on any atom is -0.326 e. The van der Waals surface area contributed by atoms with Crippen molar-refractivity contribution < 1.29 is 18.0 Å². The molecule has 0 saturated heterocycles. The molecule has 2 amide bonds. The molecule has 2 rings (SSSR count). The molecule has 0 fully saturated rings. The van der Waals surface area contributed by atoms with Gasteiger partial charge in [-0.25, -0.2) is 13.1 Å². The van der Waals surface area contributed by atoms with Gasteiger partial charge in [0.1, 0.15) is 0 Å². The fraction of sp³-hybridized carbons (Fsp3) is 0.0667. The molecule has 9 heteroatoms. The fourth-order valence-corrected chi connectivity index (χ4v) is 3.29. The molecule has 24 heavy (non-hydrogen) atoms. The maximum Gasteiger partial charge on any atom is 0.266 e. The van der Waals surface area contributed by atoms with Crippen LogP contribution in [0.25, 0.3) is 0 Å². The second kappa shape index (κ2) is 7.21. The Kier molecular flexibility index (Phi) is 5.48. The molecule has 2 N–H and O–H groups in total. The molecule has 2 aromatic carbocycles. The lowest BCUT2D eigenvalue weighted by molar-refractivity contribution is -0.114. The van der Waals surface area contributed by atoms with Crippen LogP contribution >= 0.6 is 23.2 Å². The summed E-state index contributed by atoms with van der Waals surface area (Å²) in [5, 5.41) is 2.88. The lowest BCUT2D eigenvalue weighted by Crippen LogP contribution is -2.30. The summed E-state index contributed by atoms with van der Waals surface area (Å²) in [4.78, 5) is 22.9. The van der Waals surface area contributed by atoms with E-state index in [1.54, 1.807) is 0 Å². The van der Waals surface area contributed by atoms with Crippen molar-refractivity contribution in [1.82, 2.24) is 4.72 Å². The highest BCUT2D eigenvalue weighted by atomic mass is 35.5. The van der Waals surface area contributed by atoms with E-state index in [9.17, 15) is 18.0 Å². The van der Waals surface area contributed by atoms with Crippen molar-refractivity contribution in [2.75, 3.05) is 5.32 Å². The summed E-state index contributed by atoms with van der Waals surface area (Å²) in [5.74, 6) is -1.15. The summed E-state index contributed by atoms with van der Waals surface area (Å²) < 4.78 is 26.4. The number of sulfonamides is 1. The molecule has 6 nitrogen and oxygen atoms in total. The van der Waals surface area contributed by atoms with E-state index in [1.165, 1.54) is 49.4 Å². The Labute approximate surface area is 148 Å². The number of hydrogen-bond donors (Lipinski definition) is 2. The van der Waals surface area contributed by atoms with Crippen molar-refractivity contribution in [2.45, 2.75) is 11.8 Å². The largest absolute Gasteiger partial charge is 0.326 e. The highest BCUT2D eigenvalue weighted by Gasteiger charge is 2.20. The van der Waals surface area contributed by atoms with E-state index >= 15 is 0 Å². The number of rotatable bonds is 4. The Morgan fingerprint density at radius 3 is 2.17 bits per heavy atom. The van der Waals surface area contributed by atoms with Gasteiger partial charge in [0, 0.05) is 17.6 Å². The van der Waals surface area contributed by atoms with Gasteiger partial charge < -0.3 is 5.32 Å². The van der Waals surface area contributed by atoms with Gasteiger partial charge in [0.2, 0.25) is 5.91 Å². The predicted molar refractivity (Wildman–Crippen MR) is 91.9 cm³/mol. The zero-order valence-electron chi connectivity index (χ0n) is 12.3. The molecule has 0 unspecified atom stereocenters. The first kappa shape index (κ1) is 18.3. The number of amides is 2. The molecule has 0 saturated carbocycles. The Morgan fingerprint density at radius 2 is 1.62 bits per heavy atom. The third-order valence-electron chi connectivity index (χ3n) is 2.89. The molecule has 0 bridgehead atoms. The predicted octanol–water partition coefficient (Wildman–Crippen LogP) is 3.07. The molecule has 126 valence electrons. The molecule has 0 spiro atoms. The van der Waals surface area contributed by atoms with E-state index in [4.69, 9.17) is 23.2 Å². The van der Waals surface area contributed by atoms with Crippen LogP contribution < -0.4 is 10.0 Å². The topological polar surface area (TPSA) is 92.3 Å². The molecule has 0 aliphatic rings. The third-order valence-corrected chi connectivity index (χ3v) is 4.78. The van der Waals surface area contributed by atoms with E-state index in [0.29, 0.717) is 10.7 Å². The molecular weight excluding hydrogens is 375 g/mol. The summed E-state index contributed by atoms with van der Waals surface area (Å²) in [7, 11) is -4.08. The lowest BCUT2D eigenvalue weighted by Gasteiger charge is -2.09. The maximum absolute atomic E-state index is 12.2. The number of nitrogens with one attached hydrogen (secondary N) is 2. The smallest absolute Gasteiger partial charge is 0.266 e. The number of anilines is 1. The summed E-state index contributed by atoms with van der Waals surface area (Å²) in [6.45, 7) is 1.33. The van der Waals surface area contributed by atoms with E-state index in [2.05, 4.69) is 5.32 Å². The van der Waals surface area contributed by atoms with Crippen LogP contribution in [0.3, 0.4) is 0 Å². The zero-order chi connectivity index (χ0) is 17.9. The molecule has 0 aromatic heterocycles. The summed E-state index contributed by atoms with van der Waals surface area (Å²) in [5.41, 5.74) is 0.424. The van der Waals surface area contributed by atoms with Crippen LogP contribution in [-0.4, -0.2) is 20.2 Å². The van der Waals surface area contributed by atoms with Gasteiger partial charge in [-0.15, -0.1) is 0 Å². The van der Waals surface area contributed by atoms with Crippen LogP contribution in [0, 0.1) is 0 Å². The van der Waals surface area contributed by atoms with Crippen LogP contribution in [0.5, 0.6) is 0 Å². The average Bonchev–Trinajstić information content (AvgIpc) is 2.46. The van der Waals surface area contributed by atoms with Crippen LogP contribution in [0.15, 0.2) is 47.4 Å². The molecule has 2 aromatic rings. The summed E-state index contributed by atoms with van der Waals surface area (Å²) in [6, 6.07) is 9.46. The zero-order valence-corrected chi connectivity index (χ0v) is 14.7. The Bertz CT molecular complexity index is 896. The van der Waals surface area contributed by atoms with Crippen LogP contribution in [0.2, 0.25) is 10.0 Å². The normalized spacial score (nSPS) is 11.0. The number of halogens is 2. The van der Waals surface area contributed by atoms with E-state index in [-0.39, 0.29) is 21.4 Å². The van der Waals surface area contributed by atoms with Gasteiger partial charge in [-0.05, 0) is 42.5 Å². The van der Waals surface area contributed by atoms with E-state index in [0.717, 1.165) is 0 Å². The molecule has 0 aliphatic heterocycles. The minimum atomic E-state index is -4.08. The molecule has 0 atom stereocenters. The van der Waals surface area contributed by atoms with Crippen LogP contribution in [0.1, 0.15) is 17.3 Å². The van der Waals surface area contributed by atoms with E-state index in [1.807, 2.05) is 4.72 Å². The van der Waals surface area contributed by atoms with Gasteiger partial charge >= 0.3 is 0 Å². The number of carbonyl (C=O) groups is 2. The lowest BCUT2D eigenvalue weighted by atomic mass is 10.2. The number of benzene rings is 2. The molecular formula is C15H12Cl2N2O4S. The summed E-state index contributed by atoms with van der Waals surface area (Å²) in [6.07, 6.45) is 0. The Hall–Kier alpha value is -2.09. The van der Waals surface area contributed by atoms with E-state index < -0.39 is 15.9 Å². The Balaban J connectivity index is 2.21. The first-order chi connectivity index (χ1) is 11.2. The fourth-order valence-electron chi connectivity index (χ4n) is 1.83. The second-order valence-electron chi connectivity index (χ2n) is 4.76. The SMILES string of the molecule is CC(=O)Nc1ccc(S(=O)(=O)NC(=O)c2ccc(Cl)cc2Cl)cc1. The first-order valence-corrected chi connectivity index (χ1v) is 8.83. The molecule has 0 heterocycles. The first-order valence-electron chi connectivity index (χ1n) is 6.59. The maximum atomic E-state index is 12.2. The van der Waals surface area contributed by atoms with Gasteiger partial charge in [0.25, 0.3) is 15.9 Å². The van der Waals surface area contributed by atoms with Crippen molar-refractivity contribution in [3.8, 4) is 0 Å². The highest BCUT2D eigenvalue weighted by Crippen LogP contribution is 2.21.